The maximum absolute atomic E-state index is 12.4. The molecule has 0 bridgehead atoms. The Kier molecular flexibility index (Phi) is 6.84. The standard InChI is InChI=1S/C15H23N3O2S.ClH/c1-3-5-15(2,16)14(20)18-8-6-17(7-9-18)13(19)12-4-10-21-11-12;/h4,10-11H,3,5-9,16H2,1-2H3;1H. The Hall–Kier alpha value is -1.11. The summed E-state index contributed by atoms with van der Waals surface area (Å²) < 4.78 is 0. The highest BCUT2D eigenvalue weighted by Crippen LogP contribution is 2.16. The van der Waals surface area contributed by atoms with Crippen molar-refractivity contribution in [3.63, 3.8) is 0 Å². The number of hydrogen-bond acceptors (Lipinski definition) is 4. The van der Waals surface area contributed by atoms with Crippen molar-refractivity contribution in [2.24, 2.45) is 5.73 Å². The van der Waals surface area contributed by atoms with E-state index in [0.29, 0.717) is 32.6 Å². The van der Waals surface area contributed by atoms with Gasteiger partial charge in [-0.2, -0.15) is 11.3 Å². The molecule has 0 saturated carbocycles. The van der Waals surface area contributed by atoms with Crippen LogP contribution in [-0.4, -0.2) is 53.3 Å². The molecule has 2 N–H and O–H groups in total. The van der Waals surface area contributed by atoms with Gasteiger partial charge in [0.2, 0.25) is 5.91 Å². The van der Waals surface area contributed by atoms with Crippen molar-refractivity contribution >= 4 is 35.6 Å². The van der Waals surface area contributed by atoms with Crippen molar-refractivity contribution in [3.8, 4) is 0 Å². The van der Waals surface area contributed by atoms with E-state index < -0.39 is 5.54 Å². The SMILES string of the molecule is CCCC(C)(N)C(=O)N1CCN(C(=O)c2ccsc2)CC1.Cl. The lowest BCUT2D eigenvalue weighted by molar-refractivity contribution is -0.138. The predicted octanol–water partition coefficient (Wildman–Crippen LogP) is 1.97. The van der Waals surface area contributed by atoms with E-state index in [1.807, 2.05) is 23.8 Å². The molecule has 1 aliphatic heterocycles. The molecule has 124 valence electrons. The van der Waals surface area contributed by atoms with Crippen LogP contribution in [0.15, 0.2) is 16.8 Å². The van der Waals surface area contributed by atoms with Crippen LogP contribution in [0.2, 0.25) is 0 Å². The van der Waals surface area contributed by atoms with Gasteiger partial charge in [-0.25, -0.2) is 0 Å². The molecule has 1 aliphatic rings. The monoisotopic (exact) mass is 345 g/mol. The minimum atomic E-state index is -0.797. The van der Waals surface area contributed by atoms with Gasteiger partial charge in [-0.3, -0.25) is 9.59 Å². The van der Waals surface area contributed by atoms with E-state index in [1.165, 1.54) is 11.3 Å². The molecule has 0 spiro atoms. The smallest absolute Gasteiger partial charge is 0.254 e. The van der Waals surface area contributed by atoms with Crippen LogP contribution in [0.3, 0.4) is 0 Å². The first-order valence-electron chi connectivity index (χ1n) is 7.35. The molecule has 1 atom stereocenters. The third kappa shape index (κ3) is 4.21. The summed E-state index contributed by atoms with van der Waals surface area (Å²) in [6, 6.07) is 1.84. The zero-order valence-electron chi connectivity index (χ0n) is 13.1. The molecular weight excluding hydrogens is 322 g/mol. The van der Waals surface area contributed by atoms with Crippen LogP contribution in [0.5, 0.6) is 0 Å². The van der Waals surface area contributed by atoms with E-state index in [1.54, 1.807) is 16.7 Å². The molecule has 2 rings (SSSR count). The Morgan fingerprint density at radius 2 is 1.86 bits per heavy atom. The summed E-state index contributed by atoms with van der Waals surface area (Å²) in [6.07, 6.45) is 1.56. The molecule has 1 fully saturated rings. The highest BCUT2D eigenvalue weighted by Gasteiger charge is 2.34. The number of piperazine rings is 1. The summed E-state index contributed by atoms with van der Waals surface area (Å²) in [5, 5.41) is 3.76. The molecule has 1 aromatic heterocycles. The number of carbonyl (C=O) groups excluding carboxylic acids is 2. The minimum absolute atomic E-state index is 0. The number of nitrogens with zero attached hydrogens (tertiary/aromatic N) is 2. The Balaban J connectivity index is 0.00000242. The maximum atomic E-state index is 12.4. The van der Waals surface area contributed by atoms with Crippen LogP contribution < -0.4 is 5.73 Å². The normalized spacial score (nSPS) is 17.6. The third-order valence-electron chi connectivity index (χ3n) is 3.88. The fourth-order valence-corrected chi connectivity index (χ4v) is 3.30. The molecule has 2 amide bonds. The number of rotatable bonds is 4. The van der Waals surface area contributed by atoms with E-state index in [9.17, 15) is 9.59 Å². The van der Waals surface area contributed by atoms with Gasteiger partial charge < -0.3 is 15.5 Å². The highest BCUT2D eigenvalue weighted by molar-refractivity contribution is 7.08. The Morgan fingerprint density at radius 1 is 1.27 bits per heavy atom. The molecule has 0 aromatic carbocycles. The molecule has 0 aliphatic carbocycles. The van der Waals surface area contributed by atoms with Crippen molar-refractivity contribution in [2.45, 2.75) is 32.2 Å². The molecule has 1 saturated heterocycles. The lowest BCUT2D eigenvalue weighted by Crippen LogP contribution is -2.58. The molecule has 5 nitrogen and oxygen atoms in total. The van der Waals surface area contributed by atoms with Crippen LogP contribution >= 0.6 is 23.7 Å². The van der Waals surface area contributed by atoms with Crippen LogP contribution in [0, 0.1) is 0 Å². The zero-order valence-corrected chi connectivity index (χ0v) is 14.7. The number of amides is 2. The zero-order chi connectivity index (χ0) is 15.5. The fourth-order valence-electron chi connectivity index (χ4n) is 2.67. The Labute approximate surface area is 141 Å². The van der Waals surface area contributed by atoms with Crippen molar-refractivity contribution in [3.05, 3.63) is 22.4 Å². The van der Waals surface area contributed by atoms with E-state index in [2.05, 4.69) is 0 Å². The van der Waals surface area contributed by atoms with E-state index in [4.69, 9.17) is 5.73 Å². The molecule has 1 unspecified atom stereocenters. The van der Waals surface area contributed by atoms with Gasteiger partial charge in [0.15, 0.2) is 0 Å². The van der Waals surface area contributed by atoms with Gasteiger partial charge in [-0.05, 0) is 24.8 Å². The first-order valence-corrected chi connectivity index (χ1v) is 8.29. The molecular formula is C15H24ClN3O2S. The number of carbonyl (C=O) groups is 2. The van der Waals surface area contributed by atoms with Crippen molar-refractivity contribution < 1.29 is 9.59 Å². The summed E-state index contributed by atoms with van der Waals surface area (Å²) in [7, 11) is 0. The van der Waals surface area contributed by atoms with E-state index >= 15 is 0 Å². The Morgan fingerprint density at radius 3 is 2.36 bits per heavy atom. The number of nitrogens with two attached hydrogens (primary N) is 1. The van der Waals surface area contributed by atoms with Gasteiger partial charge >= 0.3 is 0 Å². The summed E-state index contributed by atoms with van der Waals surface area (Å²) in [5.41, 5.74) is 6.04. The van der Waals surface area contributed by atoms with E-state index in [-0.39, 0.29) is 24.2 Å². The van der Waals surface area contributed by atoms with Gasteiger partial charge in [0, 0.05) is 31.6 Å². The van der Waals surface area contributed by atoms with Gasteiger partial charge in [-0.1, -0.05) is 13.3 Å². The minimum Gasteiger partial charge on any atom is -0.338 e. The Bertz CT molecular complexity index is 497. The summed E-state index contributed by atoms with van der Waals surface area (Å²) >= 11 is 1.52. The second kappa shape index (κ2) is 7.94. The van der Waals surface area contributed by atoms with Gasteiger partial charge in [0.25, 0.3) is 5.91 Å². The average molecular weight is 346 g/mol. The van der Waals surface area contributed by atoms with Gasteiger partial charge in [0.1, 0.15) is 0 Å². The molecule has 1 aromatic rings. The van der Waals surface area contributed by atoms with Gasteiger partial charge in [0.05, 0.1) is 11.1 Å². The lowest BCUT2D eigenvalue weighted by atomic mass is 9.95. The van der Waals surface area contributed by atoms with Crippen molar-refractivity contribution in [1.82, 2.24) is 9.80 Å². The average Bonchev–Trinajstić information content (AvgIpc) is 3.00. The van der Waals surface area contributed by atoms with Gasteiger partial charge in [-0.15, -0.1) is 12.4 Å². The molecule has 2 heterocycles. The number of halogens is 1. The topological polar surface area (TPSA) is 66.6 Å². The summed E-state index contributed by atoms with van der Waals surface area (Å²) in [6.45, 7) is 6.08. The first kappa shape index (κ1) is 18.9. The molecule has 0 radical (unpaired) electrons. The maximum Gasteiger partial charge on any atom is 0.254 e. The van der Waals surface area contributed by atoms with Crippen LogP contribution in [0.1, 0.15) is 37.0 Å². The van der Waals surface area contributed by atoms with Crippen LogP contribution in [0.25, 0.3) is 0 Å². The van der Waals surface area contributed by atoms with Crippen molar-refractivity contribution in [2.75, 3.05) is 26.2 Å². The molecule has 22 heavy (non-hydrogen) atoms. The van der Waals surface area contributed by atoms with Crippen molar-refractivity contribution in [1.29, 1.82) is 0 Å². The predicted molar refractivity (Wildman–Crippen MR) is 91.6 cm³/mol. The number of thiophene rings is 1. The summed E-state index contributed by atoms with van der Waals surface area (Å²) in [5.74, 6) is 0.0411. The fraction of sp³-hybridized carbons (Fsp3) is 0.600. The lowest BCUT2D eigenvalue weighted by Gasteiger charge is -2.38. The molecule has 7 heteroatoms. The second-order valence-corrected chi connectivity index (χ2v) is 6.54. The first-order chi connectivity index (χ1) is 9.95. The quantitative estimate of drug-likeness (QED) is 0.907. The van der Waals surface area contributed by atoms with Crippen LogP contribution in [0.4, 0.5) is 0 Å². The summed E-state index contributed by atoms with van der Waals surface area (Å²) in [4.78, 5) is 28.2. The second-order valence-electron chi connectivity index (χ2n) is 5.76. The van der Waals surface area contributed by atoms with E-state index in [0.717, 1.165) is 12.0 Å². The third-order valence-corrected chi connectivity index (χ3v) is 4.56. The highest BCUT2D eigenvalue weighted by atomic mass is 35.5. The van der Waals surface area contributed by atoms with Crippen LogP contribution in [-0.2, 0) is 4.79 Å². The largest absolute Gasteiger partial charge is 0.338 e. The number of hydrogen-bond donors (Lipinski definition) is 1.